The lowest BCUT2D eigenvalue weighted by Crippen LogP contribution is -2.30. The van der Waals surface area contributed by atoms with Gasteiger partial charge in [-0.25, -0.2) is 0 Å². The second-order valence-electron chi connectivity index (χ2n) is 5.60. The Bertz CT molecular complexity index is 696. The monoisotopic (exact) mass is 345 g/mol. The highest BCUT2D eigenvalue weighted by molar-refractivity contribution is 6.30. The number of ketones is 1. The SMILES string of the molecule is CC(=O)CCc1ccc(OC(C)C(=O)Nc2ccc(Cl)cc2)cc1. The van der Waals surface area contributed by atoms with Crippen LogP contribution in [0.15, 0.2) is 48.5 Å². The number of hydrogen-bond donors (Lipinski definition) is 1. The third-order valence-corrected chi connectivity index (χ3v) is 3.73. The number of carbonyl (C=O) groups is 2. The standard InChI is InChI=1S/C19H20ClNO3/c1-13(22)3-4-15-5-11-18(12-6-15)24-14(2)19(23)21-17-9-7-16(20)8-10-17/h5-12,14H,3-4H2,1-2H3,(H,21,23). The first-order chi connectivity index (χ1) is 11.4. The summed E-state index contributed by atoms with van der Waals surface area (Å²) in [6.45, 7) is 3.27. The minimum Gasteiger partial charge on any atom is -0.481 e. The molecule has 126 valence electrons. The molecular weight excluding hydrogens is 326 g/mol. The number of rotatable bonds is 7. The van der Waals surface area contributed by atoms with Gasteiger partial charge in [0.1, 0.15) is 11.5 Å². The fraction of sp³-hybridized carbons (Fsp3) is 0.263. The Morgan fingerprint density at radius 2 is 1.71 bits per heavy atom. The van der Waals surface area contributed by atoms with E-state index in [9.17, 15) is 9.59 Å². The highest BCUT2D eigenvalue weighted by Crippen LogP contribution is 2.17. The number of benzene rings is 2. The Kier molecular flexibility index (Phi) is 6.38. The number of amides is 1. The molecule has 1 N–H and O–H groups in total. The summed E-state index contributed by atoms with van der Waals surface area (Å²) in [5.41, 5.74) is 1.73. The fourth-order valence-corrected chi connectivity index (χ4v) is 2.22. The Balaban J connectivity index is 1.88. The van der Waals surface area contributed by atoms with Crippen LogP contribution in [0.4, 0.5) is 5.69 Å². The maximum atomic E-state index is 12.1. The van der Waals surface area contributed by atoms with E-state index >= 15 is 0 Å². The van der Waals surface area contributed by atoms with Crippen molar-refractivity contribution in [3.05, 3.63) is 59.1 Å². The quantitative estimate of drug-likeness (QED) is 0.815. The van der Waals surface area contributed by atoms with Gasteiger partial charge in [-0.15, -0.1) is 0 Å². The normalized spacial score (nSPS) is 11.6. The second kappa shape index (κ2) is 8.50. The zero-order valence-electron chi connectivity index (χ0n) is 13.7. The molecule has 0 radical (unpaired) electrons. The van der Waals surface area contributed by atoms with E-state index in [4.69, 9.17) is 16.3 Å². The summed E-state index contributed by atoms with van der Waals surface area (Å²) in [6, 6.07) is 14.3. The van der Waals surface area contributed by atoms with Gasteiger partial charge in [-0.05, 0) is 62.2 Å². The number of nitrogens with one attached hydrogen (secondary N) is 1. The molecule has 24 heavy (non-hydrogen) atoms. The molecule has 0 aliphatic heterocycles. The Morgan fingerprint density at radius 3 is 2.29 bits per heavy atom. The van der Waals surface area contributed by atoms with E-state index in [-0.39, 0.29) is 11.7 Å². The summed E-state index contributed by atoms with van der Waals surface area (Å²) in [6.07, 6.45) is 0.603. The van der Waals surface area contributed by atoms with Crippen LogP contribution < -0.4 is 10.1 Å². The number of Topliss-reactive ketones (excluding diaryl/α,β-unsaturated/α-hetero) is 1. The zero-order chi connectivity index (χ0) is 17.5. The lowest BCUT2D eigenvalue weighted by Gasteiger charge is -2.15. The molecule has 2 aromatic carbocycles. The van der Waals surface area contributed by atoms with Crippen LogP contribution in [0.3, 0.4) is 0 Å². The summed E-state index contributed by atoms with van der Waals surface area (Å²) >= 11 is 5.81. The summed E-state index contributed by atoms with van der Waals surface area (Å²) in [5.74, 6) is 0.543. The largest absolute Gasteiger partial charge is 0.481 e. The molecule has 0 aromatic heterocycles. The van der Waals surface area contributed by atoms with Crippen LogP contribution >= 0.6 is 11.6 Å². The van der Waals surface area contributed by atoms with Gasteiger partial charge in [-0.3, -0.25) is 4.79 Å². The first-order valence-corrected chi connectivity index (χ1v) is 8.13. The van der Waals surface area contributed by atoms with E-state index in [2.05, 4.69) is 5.32 Å². The lowest BCUT2D eigenvalue weighted by molar-refractivity contribution is -0.122. The van der Waals surface area contributed by atoms with Crippen LogP contribution in [0.25, 0.3) is 0 Å². The molecule has 5 heteroatoms. The molecule has 0 fully saturated rings. The predicted molar refractivity (Wildman–Crippen MR) is 95.6 cm³/mol. The highest BCUT2D eigenvalue weighted by Gasteiger charge is 2.14. The van der Waals surface area contributed by atoms with Crippen LogP contribution in [0, 0.1) is 0 Å². The summed E-state index contributed by atoms with van der Waals surface area (Å²) in [5, 5.41) is 3.39. The van der Waals surface area contributed by atoms with Gasteiger partial charge in [0, 0.05) is 17.1 Å². The van der Waals surface area contributed by atoms with Crippen molar-refractivity contribution in [3.8, 4) is 5.75 Å². The van der Waals surface area contributed by atoms with Crippen molar-refractivity contribution in [2.45, 2.75) is 32.8 Å². The van der Waals surface area contributed by atoms with Gasteiger partial charge in [-0.2, -0.15) is 0 Å². The predicted octanol–water partition coefficient (Wildman–Crippen LogP) is 4.27. The lowest BCUT2D eigenvalue weighted by atomic mass is 10.1. The molecule has 0 saturated carbocycles. The first-order valence-electron chi connectivity index (χ1n) is 7.75. The number of anilines is 1. The van der Waals surface area contributed by atoms with Gasteiger partial charge in [0.15, 0.2) is 6.10 Å². The number of ether oxygens (including phenoxy) is 1. The summed E-state index contributed by atoms with van der Waals surface area (Å²) in [7, 11) is 0. The van der Waals surface area contributed by atoms with Crippen molar-refractivity contribution in [2.24, 2.45) is 0 Å². The van der Waals surface area contributed by atoms with Gasteiger partial charge in [0.05, 0.1) is 0 Å². The van der Waals surface area contributed by atoms with Crippen LogP contribution in [-0.2, 0) is 16.0 Å². The van der Waals surface area contributed by atoms with E-state index in [1.54, 1.807) is 38.1 Å². The Morgan fingerprint density at radius 1 is 1.08 bits per heavy atom. The fourth-order valence-electron chi connectivity index (χ4n) is 2.09. The minimum atomic E-state index is -0.635. The summed E-state index contributed by atoms with van der Waals surface area (Å²) in [4.78, 5) is 23.1. The first kappa shape index (κ1) is 18.0. The van der Waals surface area contributed by atoms with Crippen molar-refractivity contribution >= 4 is 29.0 Å². The zero-order valence-corrected chi connectivity index (χ0v) is 14.5. The molecule has 4 nitrogen and oxygen atoms in total. The molecule has 0 bridgehead atoms. The smallest absolute Gasteiger partial charge is 0.265 e. The maximum absolute atomic E-state index is 12.1. The molecule has 0 aliphatic carbocycles. The Hall–Kier alpha value is -2.33. The van der Waals surface area contributed by atoms with Crippen LogP contribution in [0.5, 0.6) is 5.75 Å². The van der Waals surface area contributed by atoms with Crippen molar-refractivity contribution in [3.63, 3.8) is 0 Å². The van der Waals surface area contributed by atoms with Gasteiger partial charge in [0.2, 0.25) is 0 Å². The molecule has 0 spiro atoms. The van der Waals surface area contributed by atoms with E-state index in [0.29, 0.717) is 29.3 Å². The van der Waals surface area contributed by atoms with Crippen LogP contribution in [0.1, 0.15) is 25.8 Å². The number of carbonyl (C=O) groups excluding carboxylic acids is 2. The summed E-state index contributed by atoms with van der Waals surface area (Å²) < 4.78 is 5.65. The number of halogens is 1. The van der Waals surface area contributed by atoms with Gasteiger partial charge >= 0.3 is 0 Å². The average molecular weight is 346 g/mol. The van der Waals surface area contributed by atoms with E-state index in [0.717, 1.165) is 5.56 Å². The number of hydrogen-bond acceptors (Lipinski definition) is 3. The third kappa shape index (κ3) is 5.70. The molecule has 0 heterocycles. The minimum absolute atomic E-state index is 0.169. The van der Waals surface area contributed by atoms with Crippen molar-refractivity contribution < 1.29 is 14.3 Å². The molecule has 1 amide bonds. The average Bonchev–Trinajstić information content (AvgIpc) is 2.56. The second-order valence-corrected chi connectivity index (χ2v) is 6.04. The van der Waals surface area contributed by atoms with E-state index in [1.807, 2.05) is 24.3 Å². The molecule has 1 atom stereocenters. The van der Waals surface area contributed by atoms with Gasteiger partial charge in [-0.1, -0.05) is 23.7 Å². The highest BCUT2D eigenvalue weighted by atomic mass is 35.5. The topological polar surface area (TPSA) is 55.4 Å². The molecule has 0 aliphatic rings. The Labute approximate surface area is 146 Å². The van der Waals surface area contributed by atoms with Crippen molar-refractivity contribution in [1.29, 1.82) is 0 Å². The van der Waals surface area contributed by atoms with Gasteiger partial charge in [0.25, 0.3) is 5.91 Å². The molecule has 2 aromatic rings. The van der Waals surface area contributed by atoms with Crippen LogP contribution in [-0.4, -0.2) is 17.8 Å². The van der Waals surface area contributed by atoms with E-state index < -0.39 is 6.10 Å². The van der Waals surface area contributed by atoms with Gasteiger partial charge < -0.3 is 14.8 Å². The molecule has 2 rings (SSSR count). The van der Waals surface area contributed by atoms with Crippen molar-refractivity contribution in [1.82, 2.24) is 0 Å². The third-order valence-electron chi connectivity index (χ3n) is 3.48. The molecular formula is C19H20ClNO3. The van der Waals surface area contributed by atoms with E-state index in [1.165, 1.54) is 0 Å². The van der Waals surface area contributed by atoms with Crippen LogP contribution in [0.2, 0.25) is 5.02 Å². The van der Waals surface area contributed by atoms with Crippen molar-refractivity contribution in [2.75, 3.05) is 5.32 Å². The number of aryl methyl sites for hydroxylation is 1. The molecule has 0 saturated heterocycles. The molecule has 1 unspecified atom stereocenters. The maximum Gasteiger partial charge on any atom is 0.265 e.